The Labute approximate surface area is 162 Å². The minimum Gasteiger partial charge on any atom is -0.492 e. The van der Waals surface area contributed by atoms with E-state index in [4.69, 9.17) is 15.2 Å². The van der Waals surface area contributed by atoms with Crippen molar-refractivity contribution < 1.29 is 13.9 Å². The number of benzene rings is 1. The van der Waals surface area contributed by atoms with Crippen LogP contribution in [0.4, 0.5) is 10.1 Å². The fourth-order valence-electron chi connectivity index (χ4n) is 3.40. The van der Waals surface area contributed by atoms with Crippen LogP contribution in [0.5, 0.6) is 5.75 Å². The number of aromatic nitrogens is 1. The molecule has 0 saturated carbocycles. The molecular weight excluding hydrogens is 361 g/mol. The van der Waals surface area contributed by atoms with E-state index < -0.39 is 5.54 Å². The first-order valence-corrected chi connectivity index (χ1v) is 9.20. The summed E-state index contributed by atoms with van der Waals surface area (Å²) in [4.78, 5) is 13.2. The van der Waals surface area contributed by atoms with Crippen LogP contribution in [0.3, 0.4) is 0 Å². The summed E-state index contributed by atoms with van der Waals surface area (Å²) < 4.78 is 25.4. The number of nitrogens with two attached hydrogens (primary N) is 1. The van der Waals surface area contributed by atoms with E-state index in [-0.39, 0.29) is 11.8 Å². The maximum Gasteiger partial charge on any atom is 0.282 e. The van der Waals surface area contributed by atoms with Crippen LogP contribution in [0, 0.1) is 5.82 Å². The molecular formula is C20H22FN5O2. The van der Waals surface area contributed by atoms with Crippen LogP contribution in [0.15, 0.2) is 40.4 Å². The van der Waals surface area contributed by atoms with Crippen LogP contribution in [0.25, 0.3) is 0 Å². The lowest BCUT2D eigenvalue weighted by molar-refractivity contribution is 0.215. The molecule has 0 spiro atoms. The Balaban J connectivity index is 1.64. The summed E-state index contributed by atoms with van der Waals surface area (Å²) in [6, 6.07) is 7.07. The van der Waals surface area contributed by atoms with E-state index in [2.05, 4.69) is 20.3 Å². The highest BCUT2D eigenvalue weighted by molar-refractivity contribution is 6.08. The molecule has 0 unspecified atom stereocenters. The Morgan fingerprint density at radius 1 is 1.36 bits per heavy atom. The van der Waals surface area contributed by atoms with Crippen molar-refractivity contribution in [1.82, 2.24) is 4.98 Å². The van der Waals surface area contributed by atoms with Crippen LogP contribution >= 0.6 is 0 Å². The SMILES string of the molecule is CCOc1ccc(C2=NCc3cc(F)c([C@]4(C)CCOC(N)=N4)cc3N2)nc1. The monoisotopic (exact) mass is 383 g/mol. The molecule has 0 bridgehead atoms. The summed E-state index contributed by atoms with van der Waals surface area (Å²) in [5.41, 5.74) is 7.69. The summed E-state index contributed by atoms with van der Waals surface area (Å²) in [5, 5.41) is 3.27. The maximum atomic E-state index is 14.8. The molecule has 2 aromatic rings. The summed E-state index contributed by atoms with van der Waals surface area (Å²) in [6.07, 6.45) is 2.21. The highest BCUT2D eigenvalue weighted by Crippen LogP contribution is 2.37. The lowest BCUT2D eigenvalue weighted by atomic mass is 9.87. The van der Waals surface area contributed by atoms with Gasteiger partial charge in [-0.15, -0.1) is 0 Å². The summed E-state index contributed by atoms with van der Waals surface area (Å²) in [6.45, 7) is 5.14. The normalized spacial score (nSPS) is 21.0. The highest BCUT2D eigenvalue weighted by atomic mass is 19.1. The van der Waals surface area contributed by atoms with Crippen LogP contribution in [-0.2, 0) is 16.8 Å². The van der Waals surface area contributed by atoms with E-state index >= 15 is 0 Å². The number of hydrogen-bond donors (Lipinski definition) is 2. The number of amidine groups is 2. The molecule has 7 nitrogen and oxygen atoms in total. The molecule has 0 saturated heterocycles. The average molecular weight is 383 g/mol. The first-order valence-electron chi connectivity index (χ1n) is 9.20. The fourth-order valence-corrected chi connectivity index (χ4v) is 3.40. The predicted molar refractivity (Wildman–Crippen MR) is 105 cm³/mol. The van der Waals surface area contributed by atoms with Gasteiger partial charge in [-0.3, -0.25) is 4.99 Å². The van der Waals surface area contributed by atoms with Crippen molar-refractivity contribution in [2.45, 2.75) is 32.4 Å². The van der Waals surface area contributed by atoms with E-state index in [1.54, 1.807) is 12.3 Å². The van der Waals surface area contributed by atoms with Gasteiger partial charge in [-0.25, -0.2) is 14.4 Å². The van der Waals surface area contributed by atoms with Gasteiger partial charge in [0.15, 0.2) is 5.84 Å². The molecule has 0 aliphatic carbocycles. The third-order valence-electron chi connectivity index (χ3n) is 4.92. The zero-order valence-corrected chi connectivity index (χ0v) is 15.8. The quantitative estimate of drug-likeness (QED) is 0.847. The van der Waals surface area contributed by atoms with Gasteiger partial charge < -0.3 is 20.5 Å². The molecule has 0 amide bonds. The molecule has 146 valence electrons. The van der Waals surface area contributed by atoms with Gasteiger partial charge in [0.05, 0.1) is 31.5 Å². The first-order chi connectivity index (χ1) is 13.5. The van der Waals surface area contributed by atoms with Crippen molar-refractivity contribution in [3.05, 3.63) is 53.1 Å². The number of nitrogens with zero attached hydrogens (tertiary/aromatic N) is 3. The Hall–Kier alpha value is -3.16. The molecule has 3 heterocycles. The average Bonchev–Trinajstić information content (AvgIpc) is 2.68. The molecule has 4 rings (SSSR count). The molecule has 1 atom stereocenters. The number of anilines is 1. The number of hydrogen-bond acceptors (Lipinski definition) is 7. The zero-order valence-electron chi connectivity index (χ0n) is 15.8. The molecule has 28 heavy (non-hydrogen) atoms. The van der Waals surface area contributed by atoms with Gasteiger partial charge in [0.25, 0.3) is 6.02 Å². The van der Waals surface area contributed by atoms with Gasteiger partial charge in [0.2, 0.25) is 0 Å². The molecule has 3 N–H and O–H groups in total. The number of fused-ring (bicyclic) bond motifs is 1. The minimum absolute atomic E-state index is 0.0830. The standard InChI is InChI=1S/C20H22FN5O2/c1-3-27-13-4-5-16(23-11-13)18-24-10-12-8-15(21)14(9-17(12)25-18)20(2)6-7-28-19(22)26-20/h4-5,8-9,11H,3,6-7,10H2,1-2H3,(H2,22,26)(H,24,25)/t20-/m0/s1. The third kappa shape index (κ3) is 3.37. The van der Waals surface area contributed by atoms with Crippen molar-refractivity contribution >= 4 is 17.5 Å². The van der Waals surface area contributed by atoms with E-state index in [1.807, 2.05) is 26.0 Å². The number of rotatable bonds is 4. The van der Waals surface area contributed by atoms with E-state index in [9.17, 15) is 4.39 Å². The lowest BCUT2D eigenvalue weighted by Gasteiger charge is -2.31. The second-order valence-electron chi connectivity index (χ2n) is 6.91. The number of halogens is 1. The maximum absolute atomic E-state index is 14.8. The summed E-state index contributed by atoms with van der Waals surface area (Å²) in [5.74, 6) is 1.02. The van der Waals surface area contributed by atoms with Gasteiger partial charge in [-0.05, 0) is 38.1 Å². The van der Waals surface area contributed by atoms with Gasteiger partial charge in [-0.2, -0.15) is 0 Å². The number of pyridine rings is 1. The largest absolute Gasteiger partial charge is 0.492 e. The summed E-state index contributed by atoms with van der Waals surface area (Å²) >= 11 is 0. The molecule has 8 heteroatoms. The van der Waals surface area contributed by atoms with Gasteiger partial charge >= 0.3 is 0 Å². The van der Waals surface area contributed by atoms with E-state index in [0.717, 1.165) is 11.3 Å². The minimum atomic E-state index is -0.769. The zero-order chi connectivity index (χ0) is 19.7. The van der Waals surface area contributed by atoms with Gasteiger partial charge in [-0.1, -0.05) is 0 Å². The molecule has 1 aromatic heterocycles. The van der Waals surface area contributed by atoms with E-state index in [0.29, 0.717) is 49.0 Å². The Morgan fingerprint density at radius 2 is 2.21 bits per heavy atom. The van der Waals surface area contributed by atoms with Crippen LogP contribution in [0.1, 0.15) is 37.1 Å². The number of nitrogens with one attached hydrogen (secondary N) is 1. The summed E-state index contributed by atoms with van der Waals surface area (Å²) in [7, 11) is 0. The van der Waals surface area contributed by atoms with Crippen molar-refractivity contribution in [2.24, 2.45) is 15.7 Å². The predicted octanol–water partition coefficient (Wildman–Crippen LogP) is 2.94. The van der Waals surface area contributed by atoms with Gasteiger partial charge in [0.1, 0.15) is 17.3 Å². The van der Waals surface area contributed by atoms with Crippen molar-refractivity contribution in [3.63, 3.8) is 0 Å². The second kappa shape index (κ2) is 7.10. The lowest BCUT2D eigenvalue weighted by Crippen LogP contribution is -2.34. The van der Waals surface area contributed by atoms with Crippen molar-refractivity contribution in [1.29, 1.82) is 0 Å². The molecule has 1 aromatic carbocycles. The number of aliphatic imine (C=N–C) groups is 2. The van der Waals surface area contributed by atoms with Crippen LogP contribution in [-0.4, -0.2) is 30.1 Å². The fraction of sp³-hybridized carbons (Fsp3) is 0.350. The molecule has 2 aliphatic heterocycles. The van der Waals surface area contributed by atoms with Crippen LogP contribution < -0.4 is 15.8 Å². The molecule has 0 fully saturated rings. The highest BCUT2D eigenvalue weighted by Gasteiger charge is 2.34. The van der Waals surface area contributed by atoms with Crippen molar-refractivity contribution in [2.75, 3.05) is 18.5 Å². The number of ether oxygens (including phenoxy) is 2. The smallest absolute Gasteiger partial charge is 0.282 e. The molecule has 2 aliphatic rings. The first kappa shape index (κ1) is 18.2. The second-order valence-corrected chi connectivity index (χ2v) is 6.91. The Bertz CT molecular complexity index is 958. The molecule has 0 radical (unpaired) electrons. The topological polar surface area (TPSA) is 94.1 Å². The van der Waals surface area contributed by atoms with Crippen molar-refractivity contribution in [3.8, 4) is 5.75 Å². The Kier molecular flexibility index (Phi) is 4.62. The van der Waals surface area contributed by atoms with Gasteiger partial charge in [0, 0.05) is 23.2 Å². The van der Waals surface area contributed by atoms with E-state index in [1.165, 1.54) is 6.07 Å². The Morgan fingerprint density at radius 3 is 2.93 bits per heavy atom. The third-order valence-corrected chi connectivity index (χ3v) is 4.92. The van der Waals surface area contributed by atoms with Crippen LogP contribution in [0.2, 0.25) is 0 Å².